The zero-order valence-electron chi connectivity index (χ0n) is 13.7. The number of aryl methyl sites for hydroxylation is 1. The molecule has 124 valence electrons. The molecule has 7 heteroatoms. The lowest BCUT2D eigenvalue weighted by Crippen LogP contribution is -2.53. The Morgan fingerprint density at radius 1 is 1.52 bits per heavy atom. The normalized spacial score (nSPS) is 22.9. The van der Waals surface area contributed by atoms with E-state index in [9.17, 15) is 10.1 Å². The quantitative estimate of drug-likeness (QED) is 0.890. The maximum absolute atomic E-state index is 12.5. The molecule has 1 atom stereocenters. The van der Waals surface area contributed by atoms with Crippen LogP contribution in [0.3, 0.4) is 0 Å². The van der Waals surface area contributed by atoms with Crippen molar-refractivity contribution in [2.75, 3.05) is 13.6 Å². The van der Waals surface area contributed by atoms with Gasteiger partial charge in [-0.05, 0) is 19.3 Å². The van der Waals surface area contributed by atoms with E-state index < -0.39 is 5.54 Å². The summed E-state index contributed by atoms with van der Waals surface area (Å²) in [5, 5.41) is 17.1. The van der Waals surface area contributed by atoms with Crippen molar-refractivity contribution < 1.29 is 4.79 Å². The molecule has 1 amide bonds. The maximum atomic E-state index is 12.5. The Kier molecular flexibility index (Phi) is 4.62. The standard InChI is InChI=1S/C16H24N6O/c1-21(16(11-17)7-3-2-4-8-16)15(23)9-18-13-5-6-14-19-12-20-22(14)10-13/h12-13,18H,2-10H2,1H3/t13-/m1/s1. The largest absolute Gasteiger partial charge is 0.326 e. The third-order valence-corrected chi connectivity index (χ3v) is 5.25. The minimum atomic E-state index is -0.608. The average molecular weight is 316 g/mol. The molecule has 2 heterocycles. The summed E-state index contributed by atoms with van der Waals surface area (Å²) in [5.41, 5.74) is -0.608. The first-order valence-electron chi connectivity index (χ1n) is 8.42. The third-order valence-electron chi connectivity index (χ3n) is 5.25. The monoisotopic (exact) mass is 316 g/mol. The Balaban J connectivity index is 1.54. The second kappa shape index (κ2) is 6.67. The summed E-state index contributed by atoms with van der Waals surface area (Å²) in [5.74, 6) is 1.01. The Morgan fingerprint density at radius 2 is 2.30 bits per heavy atom. The Bertz CT molecular complexity index is 598. The number of hydrogen-bond donors (Lipinski definition) is 1. The first kappa shape index (κ1) is 15.9. The van der Waals surface area contributed by atoms with Gasteiger partial charge < -0.3 is 10.2 Å². The van der Waals surface area contributed by atoms with E-state index in [1.807, 2.05) is 4.68 Å². The number of aromatic nitrogens is 3. The van der Waals surface area contributed by atoms with Gasteiger partial charge in [-0.1, -0.05) is 19.3 Å². The molecule has 0 spiro atoms. The Hall–Kier alpha value is -1.94. The lowest BCUT2D eigenvalue weighted by atomic mass is 9.81. The van der Waals surface area contributed by atoms with Crippen LogP contribution >= 0.6 is 0 Å². The van der Waals surface area contributed by atoms with Crippen LogP contribution in [0.15, 0.2) is 6.33 Å². The fourth-order valence-corrected chi connectivity index (χ4v) is 3.65. The van der Waals surface area contributed by atoms with Crippen LogP contribution in [-0.4, -0.2) is 50.7 Å². The van der Waals surface area contributed by atoms with Crippen LogP contribution in [0.2, 0.25) is 0 Å². The number of rotatable bonds is 4. The molecular formula is C16H24N6O. The van der Waals surface area contributed by atoms with Crippen LogP contribution in [0.25, 0.3) is 0 Å². The van der Waals surface area contributed by atoms with Crippen molar-refractivity contribution in [3.05, 3.63) is 12.2 Å². The minimum absolute atomic E-state index is 0.00200. The summed E-state index contributed by atoms with van der Waals surface area (Å²) in [4.78, 5) is 18.4. The van der Waals surface area contributed by atoms with Crippen molar-refractivity contribution in [1.29, 1.82) is 5.26 Å². The van der Waals surface area contributed by atoms with Gasteiger partial charge in [0, 0.05) is 19.5 Å². The highest BCUT2D eigenvalue weighted by atomic mass is 16.2. The predicted molar refractivity (Wildman–Crippen MR) is 84.3 cm³/mol. The SMILES string of the molecule is CN(C(=O)CN[C@@H]1CCc2ncnn2C1)C1(C#N)CCCCC1. The molecule has 2 aliphatic rings. The molecule has 0 saturated heterocycles. The van der Waals surface area contributed by atoms with Gasteiger partial charge in [0.1, 0.15) is 17.7 Å². The van der Waals surface area contributed by atoms with Crippen molar-refractivity contribution in [2.45, 2.75) is 63.1 Å². The van der Waals surface area contributed by atoms with Gasteiger partial charge in [-0.3, -0.25) is 4.79 Å². The highest BCUT2D eigenvalue weighted by Gasteiger charge is 2.38. The van der Waals surface area contributed by atoms with Gasteiger partial charge in [-0.25, -0.2) is 9.67 Å². The fraction of sp³-hybridized carbons (Fsp3) is 0.750. The third kappa shape index (κ3) is 3.22. The summed E-state index contributed by atoms with van der Waals surface area (Å²) in [6.45, 7) is 1.02. The number of likely N-dealkylation sites (N-methyl/N-ethyl adjacent to an activating group) is 1. The van der Waals surface area contributed by atoms with Crippen molar-refractivity contribution in [3.63, 3.8) is 0 Å². The number of nitriles is 1. The molecule has 7 nitrogen and oxygen atoms in total. The molecule has 1 N–H and O–H groups in total. The van der Waals surface area contributed by atoms with E-state index >= 15 is 0 Å². The predicted octanol–water partition coefficient (Wildman–Crippen LogP) is 0.867. The minimum Gasteiger partial charge on any atom is -0.326 e. The molecule has 1 aliphatic heterocycles. The molecule has 1 aliphatic carbocycles. The number of carbonyl (C=O) groups is 1. The number of nitrogens with one attached hydrogen (secondary N) is 1. The van der Waals surface area contributed by atoms with Crippen LogP contribution in [0.4, 0.5) is 0 Å². The summed E-state index contributed by atoms with van der Waals surface area (Å²) >= 11 is 0. The van der Waals surface area contributed by atoms with Gasteiger partial charge in [0.15, 0.2) is 0 Å². The summed E-state index contributed by atoms with van der Waals surface area (Å²) < 4.78 is 1.90. The topological polar surface area (TPSA) is 86.8 Å². The molecule has 23 heavy (non-hydrogen) atoms. The number of carbonyl (C=O) groups excluding carboxylic acids is 1. The fourth-order valence-electron chi connectivity index (χ4n) is 3.65. The van der Waals surface area contributed by atoms with E-state index in [1.165, 1.54) is 0 Å². The van der Waals surface area contributed by atoms with E-state index in [-0.39, 0.29) is 18.5 Å². The van der Waals surface area contributed by atoms with Gasteiger partial charge in [0.05, 0.1) is 19.2 Å². The smallest absolute Gasteiger partial charge is 0.237 e. The van der Waals surface area contributed by atoms with Crippen molar-refractivity contribution in [2.24, 2.45) is 0 Å². The van der Waals surface area contributed by atoms with Crippen molar-refractivity contribution in [1.82, 2.24) is 25.0 Å². The maximum Gasteiger partial charge on any atom is 0.237 e. The second-order valence-corrected chi connectivity index (χ2v) is 6.63. The number of amides is 1. The highest BCUT2D eigenvalue weighted by Crippen LogP contribution is 2.32. The van der Waals surface area contributed by atoms with Crippen LogP contribution in [0.1, 0.15) is 44.3 Å². The second-order valence-electron chi connectivity index (χ2n) is 6.63. The molecule has 0 radical (unpaired) electrons. The first-order valence-corrected chi connectivity index (χ1v) is 8.42. The Morgan fingerprint density at radius 3 is 3.04 bits per heavy atom. The van der Waals surface area contributed by atoms with Crippen molar-refractivity contribution >= 4 is 5.91 Å². The number of fused-ring (bicyclic) bond motifs is 1. The molecule has 3 rings (SSSR count). The van der Waals surface area contributed by atoms with E-state index in [4.69, 9.17) is 0 Å². The summed E-state index contributed by atoms with van der Waals surface area (Å²) in [6, 6.07) is 2.63. The molecular weight excluding hydrogens is 292 g/mol. The number of hydrogen-bond acceptors (Lipinski definition) is 5. The van der Waals surface area contributed by atoms with Gasteiger partial charge in [0.25, 0.3) is 0 Å². The van der Waals surface area contributed by atoms with Gasteiger partial charge in [-0.2, -0.15) is 10.4 Å². The lowest BCUT2D eigenvalue weighted by Gasteiger charge is -2.39. The Labute approximate surface area is 136 Å². The summed E-state index contributed by atoms with van der Waals surface area (Å²) in [6.07, 6.45) is 8.20. The summed E-state index contributed by atoms with van der Waals surface area (Å²) in [7, 11) is 1.77. The first-order chi connectivity index (χ1) is 11.1. The van der Waals surface area contributed by atoms with Gasteiger partial charge in [0.2, 0.25) is 5.91 Å². The highest BCUT2D eigenvalue weighted by molar-refractivity contribution is 5.79. The number of nitrogens with zero attached hydrogens (tertiary/aromatic N) is 5. The van der Waals surface area contributed by atoms with E-state index in [2.05, 4.69) is 21.5 Å². The lowest BCUT2D eigenvalue weighted by molar-refractivity contribution is -0.134. The zero-order valence-corrected chi connectivity index (χ0v) is 13.7. The van der Waals surface area contributed by atoms with E-state index in [0.29, 0.717) is 0 Å². The molecule has 1 saturated carbocycles. The van der Waals surface area contributed by atoms with Crippen molar-refractivity contribution in [3.8, 4) is 6.07 Å². The van der Waals surface area contributed by atoms with E-state index in [1.54, 1.807) is 18.3 Å². The van der Waals surface area contributed by atoms with Gasteiger partial charge >= 0.3 is 0 Å². The molecule has 1 fully saturated rings. The van der Waals surface area contributed by atoms with Crippen LogP contribution in [0, 0.1) is 11.3 Å². The average Bonchev–Trinajstić information content (AvgIpc) is 3.07. The van der Waals surface area contributed by atoms with Crippen LogP contribution in [-0.2, 0) is 17.8 Å². The molecule has 0 bridgehead atoms. The molecule has 1 aromatic rings. The van der Waals surface area contributed by atoms with Crippen LogP contribution < -0.4 is 5.32 Å². The van der Waals surface area contributed by atoms with E-state index in [0.717, 1.165) is 57.3 Å². The molecule has 0 unspecified atom stereocenters. The molecule has 1 aromatic heterocycles. The zero-order chi connectivity index (χ0) is 16.3. The van der Waals surface area contributed by atoms with Crippen LogP contribution in [0.5, 0.6) is 0 Å². The van der Waals surface area contributed by atoms with Gasteiger partial charge in [-0.15, -0.1) is 0 Å². The molecule has 0 aromatic carbocycles.